The molecule has 2 atom stereocenters. The molecule has 0 aromatic heterocycles. The molecule has 4 rings (SSSR count). The van der Waals surface area contributed by atoms with Gasteiger partial charge in [-0.15, -0.1) is 0 Å². The zero-order valence-electron chi connectivity index (χ0n) is 12.5. The summed E-state index contributed by atoms with van der Waals surface area (Å²) in [4.78, 5) is 12.8. The fourth-order valence-corrected chi connectivity index (χ4v) is 2.96. The highest BCUT2D eigenvalue weighted by Gasteiger charge is 2.69. The first-order valence-electron chi connectivity index (χ1n) is 7.32. The van der Waals surface area contributed by atoms with Crippen LogP contribution >= 0.6 is 0 Å². The van der Waals surface area contributed by atoms with Crippen LogP contribution in [-0.2, 0) is 9.53 Å². The molecule has 2 heterocycles. The van der Waals surface area contributed by atoms with Crippen LogP contribution in [0.25, 0.3) is 0 Å². The fraction of sp³-hybridized carbons (Fsp3) is 0.222. The first kappa shape index (κ1) is 13.2. The maximum absolute atomic E-state index is 12.8. The minimum Gasteiger partial charge on any atom is -0.344 e. The molecule has 4 heteroatoms. The van der Waals surface area contributed by atoms with Crippen molar-refractivity contribution in [1.82, 2.24) is 0 Å². The number of para-hydroxylation sites is 1. The molecule has 0 aliphatic carbocycles. The molecule has 2 aliphatic rings. The van der Waals surface area contributed by atoms with Gasteiger partial charge in [-0.25, -0.2) is 0 Å². The maximum Gasteiger partial charge on any atom is 0.288 e. The van der Waals surface area contributed by atoms with Gasteiger partial charge in [-0.1, -0.05) is 48.0 Å². The molecule has 0 bridgehead atoms. The number of aryl methyl sites for hydroxylation is 1. The van der Waals surface area contributed by atoms with Gasteiger partial charge in [0.25, 0.3) is 5.91 Å². The molecule has 1 spiro atoms. The molecule has 1 saturated heterocycles. The zero-order chi connectivity index (χ0) is 15.3. The number of ether oxygens (including phenoxy) is 1. The van der Waals surface area contributed by atoms with Crippen molar-refractivity contribution in [2.45, 2.75) is 25.6 Å². The molecule has 0 saturated carbocycles. The molecule has 2 aromatic carbocycles. The van der Waals surface area contributed by atoms with Gasteiger partial charge in [-0.3, -0.25) is 4.79 Å². The summed E-state index contributed by atoms with van der Waals surface area (Å²) in [6.45, 7) is 3.90. The van der Waals surface area contributed by atoms with Gasteiger partial charge in [0.05, 0.1) is 11.4 Å². The van der Waals surface area contributed by atoms with E-state index in [9.17, 15) is 4.79 Å². The van der Waals surface area contributed by atoms with E-state index >= 15 is 0 Å². The Morgan fingerprint density at radius 2 is 1.73 bits per heavy atom. The summed E-state index contributed by atoms with van der Waals surface area (Å²) >= 11 is 0. The largest absolute Gasteiger partial charge is 0.344 e. The lowest BCUT2D eigenvalue weighted by atomic mass is 9.94. The third-order valence-electron chi connectivity index (χ3n) is 4.29. The predicted molar refractivity (Wildman–Crippen MR) is 84.8 cm³/mol. The highest BCUT2D eigenvalue weighted by Crippen LogP contribution is 2.54. The predicted octanol–water partition coefficient (Wildman–Crippen LogP) is 3.23. The standard InChI is InChI=1S/C18H16N2O2/c1-12-8-10-14(11-9-12)16-18(22-16)13(2)19-20(17(18)21)15-6-4-3-5-7-15/h3-11,16H,1-2H3/t16-,18-/m0/s1. The normalized spacial score (nSPS) is 26.5. The first-order valence-corrected chi connectivity index (χ1v) is 7.32. The Bertz CT molecular complexity index is 767. The molecular weight excluding hydrogens is 276 g/mol. The van der Waals surface area contributed by atoms with E-state index in [1.165, 1.54) is 10.6 Å². The monoisotopic (exact) mass is 292 g/mol. The summed E-state index contributed by atoms with van der Waals surface area (Å²) in [5.41, 5.74) is 2.77. The van der Waals surface area contributed by atoms with Crippen molar-refractivity contribution in [3.05, 3.63) is 65.7 Å². The van der Waals surface area contributed by atoms with E-state index in [-0.39, 0.29) is 12.0 Å². The number of hydrogen-bond acceptors (Lipinski definition) is 3. The lowest BCUT2D eigenvalue weighted by Crippen LogP contribution is -2.35. The van der Waals surface area contributed by atoms with Crippen LogP contribution in [0.5, 0.6) is 0 Å². The molecule has 2 aromatic rings. The van der Waals surface area contributed by atoms with Crippen molar-refractivity contribution < 1.29 is 9.53 Å². The number of hydrazone groups is 1. The van der Waals surface area contributed by atoms with Gasteiger partial charge in [0.15, 0.2) is 0 Å². The van der Waals surface area contributed by atoms with Crippen molar-refractivity contribution in [1.29, 1.82) is 0 Å². The van der Waals surface area contributed by atoms with Gasteiger partial charge in [-0.2, -0.15) is 10.1 Å². The smallest absolute Gasteiger partial charge is 0.288 e. The second-order valence-electron chi connectivity index (χ2n) is 5.78. The molecular formula is C18H16N2O2. The van der Waals surface area contributed by atoms with Crippen molar-refractivity contribution in [3.8, 4) is 0 Å². The van der Waals surface area contributed by atoms with E-state index in [4.69, 9.17) is 4.74 Å². The second-order valence-corrected chi connectivity index (χ2v) is 5.78. The molecule has 2 aliphatic heterocycles. The summed E-state index contributed by atoms with van der Waals surface area (Å²) in [5.74, 6) is -0.109. The fourth-order valence-electron chi connectivity index (χ4n) is 2.96. The molecule has 0 unspecified atom stereocenters. The summed E-state index contributed by atoms with van der Waals surface area (Å²) in [6, 6.07) is 17.5. The molecule has 1 fully saturated rings. The second kappa shape index (κ2) is 4.52. The van der Waals surface area contributed by atoms with Gasteiger partial charge in [0.1, 0.15) is 6.10 Å². The molecule has 1 amide bonds. The van der Waals surface area contributed by atoms with Crippen LogP contribution in [0.1, 0.15) is 24.2 Å². The number of anilines is 1. The van der Waals surface area contributed by atoms with Crippen LogP contribution in [0.15, 0.2) is 59.7 Å². The van der Waals surface area contributed by atoms with Gasteiger partial charge in [-0.05, 0) is 31.5 Å². The van der Waals surface area contributed by atoms with Crippen LogP contribution in [0.2, 0.25) is 0 Å². The third-order valence-corrected chi connectivity index (χ3v) is 4.29. The van der Waals surface area contributed by atoms with E-state index < -0.39 is 5.60 Å². The highest BCUT2D eigenvalue weighted by atomic mass is 16.6. The number of carbonyl (C=O) groups excluding carboxylic acids is 1. The Morgan fingerprint density at radius 1 is 1.05 bits per heavy atom. The van der Waals surface area contributed by atoms with Crippen molar-refractivity contribution in [2.24, 2.45) is 5.10 Å². The molecule has 110 valence electrons. The average Bonchev–Trinajstić information content (AvgIpc) is 3.25. The molecule has 22 heavy (non-hydrogen) atoms. The number of epoxide rings is 1. The Balaban J connectivity index is 1.67. The van der Waals surface area contributed by atoms with Crippen molar-refractivity contribution in [3.63, 3.8) is 0 Å². The summed E-state index contributed by atoms with van der Waals surface area (Å²) < 4.78 is 5.85. The number of rotatable bonds is 2. The topological polar surface area (TPSA) is 45.2 Å². The Morgan fingerprint density at radius 3 is 2.41 bits per heavy atom. The summed E-state index contributed by atoms with van der Waals surface area (Å²) in [7, 11) is 0. The lowest BCUT2D eigenvalue weighted by Gasteiger charge is -2.12. The first-order chi connectivity index (χ1) is 10.6. The van der Waals surface area contributed by atoms with Crippen LogP contribution in [0.4, 0.5) is 5.69 Å². The highest BCUT2D eigenvalue weighted by molar-refractivity contribution is 6.24. The minimum absolute atomic E-state index is 0.109. The minimum atomic E-state index is -0.912. The zero-order valence-corrected chi connectivity index (χ0v) is 12.5. The third kappa shape index (κ3) is 1.74. The van der Waals surface area contributed by atoms with Crippen molar-refractivity contribution in [2.75, 3.05) is 5.01 Å². The summed E-state index contributed by atoms with van der Waals surface area (Å²) in [5, 5.41) is 5.87. The number of hydrogen-bond donors (Lipinski definition) is 0. The Kier molecular flexibility index (Phi) is 2.71. The van der Waals surface area contributed by atoms with Gasteiger partial charge in [0.2, 0.25) is 5.60 Å². The van der Waals surface area contributed by atoms with Gasteiger partial charge >= 0.3 is 0 Å². The van der Waals surface area contributed by atoms with Crippen LogP contribution in [0.3, 0.4) is 0 Å². The Labute approximate surface area is 129 Å². The van der Waals surface area contributed by atoms with E-state index in [2.05, 4.69) is 5.10 Å². The van der Waals surface area contributed by atoms with Crippen LogP contribution < -0.4 is 5.01 Å². The average molecular weight is 292 g/mol. The number of carbonyl (C=O) groups is 1. The van der Waals surface area contributed by atoms with E-state index in [0.29, 0.717) is 5.71 Å². The maximum atomic E-state index is 12.8. The van der Waals surface area contributed by atoms with E-state index in [1.54, 1.807) is 0 Å². The van der Waals surface area contributed by atoms with E-state index in [1.807, 2.05) is 68.4 Å². The van der Waals surface area contributed by atoms with Crippen molar-refractivity contribution >= 4 is 17.3 Å². The quantitative estimate of drug-likeness (QED) is 0.798. The number of amides is 1. The number of nitrogens with zero attached hydrogens (tertiary/aromatic N) is 2. The molecule has 0 radical (unpaired) electrons. The molecule has 4 nitrogen and oxygen atoms in total. The molecule has 0 N–H and O–H groups in total. The van der Waals surface area contributed by atoms with E-state index in [0.717, 1.165) is 11.3 Å². The van der Waals surface area contributed by atoms with Crippen LogP contribution in [0, 0.1) is 6.92 Å². The Hall–Kier alpha value is -2.46. The van der Waals surface area contributed by atoms with Gasteiger partial charge in [0, 0.05) is 0 Å². The van der Waals surface area contributed by atoms with Gasteiger partial charge < -0.3 is 4.74 Å². The lowest BCUT2D eigenvalue weighted by molar-refractivity contribution is -0.120. The SMILES string of the molecule is CC1=NN(c2ccccc2)C(=O)[C@]12O[C@H]2c1ccc(C)cc1. The number of benzene rings is 2. The summed E-state index contributed by atoms with van der Waals surface area (Å²) in [6.07, 6.45) is -0.238. The van der Waals surface area contributed by atoms with Crippen LogP contribution in [-0.4, -0.2) is 17.2 Å².